The second kappa shape index (κ2) is 26.5. The third kappa shape index (κ3) is 14.9. The monoisotopic (exact) mass is 1280 g/mol. The normalized spacial score (nSPS) is 12.8. The summed E-state index contributed by atoms with van der Waals surface area (Å²) in [5, 5.41) is 6.15. The summed E-state index contributed by atoms with van der Waals surface area (Å²) in [6.07, 6.45) is 15.9. The number of hydrogen-bond acceptors (Lipinski definition) is 16. The summed E-state index contributed by atoms with van der Waals surface area (Å²) < 4.78 is 14.4. The van der Waals surface area contributed by atoms with Crippen LogP contribution in [-0.2, 0) is 75.9 Å². The minimum Gasteiger partial charge on any atom is -0.461 e. The molecule has 0 unspecified atom stereocenters. The molecule has 418 valence electrons. The number of halogens is 3. The Balaban J connectivity index is 0.000000201. The predicted octanol–water partition coefficient (Wildman–Crippen LogP) is 8.97. The Labute approximate surface area is 487 Å². The van der Waals surface area contributed by atoms with E-state index in [9.17, 15) is 24.0 Å². The molecule has 8 aromatic heterocycles. The van der Waals surface area contributed by atoms with Gasteiger partial charge in [0.1, 0.15) is 64.4 Å². The van der Waals surface area contributed by atoms with E-state index in [0.717, 1.165) is 46.3 Å². The number of esters is 1. The highest BCUT2D eigenvalue weighted by atomic mass is 79.9. The van der Waals surface area contributed by atoms with Gasteiger partial charge in [0, 0.05) is 130 Å². The highest BCUT2D eigenvalue weighted by Crippen LogP contribution is 2.40. The maximum atomic E-state index is 13.9. The molecular formula is C56H62Br3N15O6. The molecule has 0 radical (unpaired) electrons. The number of nitrogen functional groups attached to an aromatic ring is 1. The van der Waals surface area contributed by atoms with E-state index in [1.807, 2.05) is 26.8 Å². The fraction of sp³-hybridized carbons (Fsp3) is 0.321. The molecule has 1 aliphatic heterocycles. The number of pyridine rings is 4. The van der Waals surface area contributed by atoms with Gasteiger partial charge in [-0.05, 0) is 126 Å². The van der Waals surface area contributed by atoms with Crippen molar-refractivity contribution in [3.8, 4) is 11.1 Å². The molecular weight excluding hydrogens is 1220 g/mol. The molecule has 21 nitrogen and oxygen atoms in total. The maximum Gasteiger partial charge on any atom is 0.302 e. The lowest BCUT2D eigenvalue weighted by atomic mass is 9.90. The highest BCUT2D eigenvalue weighted by Gasteiger charge is 2.38. The van der Waals surface area contributed by atoms with E-state index < -0.39 is 5.97 Å². The minimum atomic E-state index is -0.447. The fourth-order valence-corrected chi connectivity index (χ4v) is 10.8. The van der Waals surface area contributed by atoms with E-state index in [1.165, 1.54) is 31.9 Å². The van der Waals surface area contributed by atoms with Crippen LogP contribution >= 0.6 is 47.8 Å². The zero-order chi connectivity index (χ0) is 58.0. The van der Waals surface area contributed by atoms with E-state index >= 15 is 0 Å². The molecule has 8 aromatic rings. The summed E-state index contributed by atoms with van der Waals surface area (Å²) >= 11 is 9.75. The van der Waals surface area contributed by atoms with E-state index in [-0.39, 0.29) is 34.6 Å². The van der Waals surface area contributed by atoms with Crippen LogP contribution in [0.3, 0.4) is 0 Å². The van der Waals surface area contributed by atoms with Crippen molar-refractivity contribution in [1.29, 1.82) is 0 Å². The number of aryl methyl sites for hydroxylation is 6. The average Bonchev–Trinajstić information content (AvgIpc) is 3.98. The Hall–Kier alpha value is -7.70. The molecule has 0 spiro atoms. The van der Waals surface area contributed by atoms with Crippen LogP contribution in [0.4, 0.5) is 34.6 Å². The average molecular weight is 1280 g/mol. The van der Waals surface area contributed by atoms with Crippen molar-refractivity contribution in [2.75, 3.05) is 27.8 Å². The first kappa shape index (κ1) is 60.0. The van der Waals surface area contributed by atoms with Crippen molar-refractivity contribution < 1.29 is 14.3 Å². The number of aromatic nitrogens is 11. The number of carbonyl (C=O) groups is 2. The number of rotatable bonds is 11. The smallest absolute Gasteiger partial charge is 0.302 e. The highest BCUT2D eigenvalue weighted by molar-refractivity contribution is 9.11. The Bertz CT molecular complexity index is 3740. The van der Waals surface area contributed by atoms with Crippen LogP contribution < -0.4 is 37.9 Å². The third-order valence-electron chi connectivity index (χ3n) is 12.7. The molecule has 0 bridgehead atoms. The van der Waals surface area contributed by atoms with Gasteiger partial charge >= 0.3 is 5.97 Å². The zero-order valence-corrected chi connectivity index (χ0v) is 50.6. The molecule has 2 aliphatic rings. The van der Waals surface area contributed by atoms with Gasteiger partial charge in [-0.3, -0.25) is 28.9 Å². The summed E-state index contributed by atoms with van der Waals surface area (Å²) in [6, 6.07) is 14.1. The van der Waals surface area contributed by atoms with Crippen molar-refractivity contribution >= 4 is 94.3 Å². The van der Waals surface area contributed by atoms with Crippen LogP contribution in [0, 0.1) is 5.41 Å². The third-order valence-corrected chi connectivity index (χ3v) is 14.1. The topological polar surface area (TPSA) is 258 Å². The van der Waals surface area contributed by atoms with E-state index in [4.69, 9.17) is 10.5 Å². The number of carbonyl (C=O) groups excluding carboxylic acids is 2. The van der Waals surface area contributed by atoms with E-state index in [1.54, 1.807) is 112 Å². The Kier molecular flexibility index (Phi) is 19.9. The quantitative estimate of drug-likeness (QED) is 0.102. The first-order valence-corrected chi connectivity index (χ1v) is 27.9. The molecule has 0 fully saturated rings. The first-order chi connectivity index (χ1) is 38.1. The molecule has 10 rings (SSSR count). The van der Waals surface area contributed by atoms with Crippen molar-refractivity contribution in [2.24, 2.45) is 26.6 Å². The standard InChI is InChI=1S/C32H35N7O4.C12H13BrN4O.C6H5Br2NO.C6H9N3/c1-6-27-33-10-8-28(36-27)35-24-13-21(17-37(5)30(24)41)22-7-9-34-29(23(22)18-43-19(2)40)39-12-11-38-25(31(39)42)14-20-15-32(3,4)16-26(20)38;1-3-10-14-5-4-11(16-10)15-9-6-8(13)7-17(2)12(9)18;1-9-3-4(7)2-5(8)6(9)10;1-2-6-8-4-3-5(7)9-6/h7-10,13-14,17H,6,11-12,15-16,18H2,1-5H3,(H,33,35,36);4-7H,3H2,1-2H3,(H,14,15,16);2-3H,1H3;3-4H,2H2,1H3,(H2,7,8,9). The van der Waals surface area contributed by atoms with Gasteiger partial charge in [0.05, 0.1) is 4.47 Å². The van der Waals surface area contributed by atoms with E-state index in [2.05, 4.69) is 112 Å². The van der Waals surface area contributed by atoms with Crippen LogP contribution in [0.25, 0.3) is 11.1 Å². The maximum absolute atomic E-state index is 13.9. The number of anilines is 6. The van der Waals surface area contributed by atoms with Gasteiger partial charge < -0.3 is 39.4 Å². The van der Waals surface area contributed by atoms with Crippen LogP contribution in [0.5, 0.6) is 0 Å². The number of ether oxygens (including phenoxy) is 1. The van der Waals surface area contributed by atoms with Gasteiger partial charge in [0.25, 0.3) is 22.6 Å². The number of hydrogen-bond donors (Lipinski definition) is 3. The molecule has 24 heteroatoms. The predicted molar refractivity (Wildman–Crippen MR) is 319 cm³/mol. The number of amides is 1. The molecule has 80 heavy (non-hydrogen) atoms. The van der Waals surface area contributed by atoms with Gasteiger partial charge in [-0.15, -0.1) is 0 Å². The molecule has 1 aliphatic carbocycles. The molecule has 0 saturated carbocycles. The molecule has 4 N–H and O–H groups in total. The van der Waals surface area contributed by atoms with Crippen molar-refractivity contribution in [3.05, 3.63) is 176 Å². The Morgan fingerprint density at radius 3 is 1.77 bits per heavy atom. The lowest BCUT2D eigenvalue weighted by Gasteiger charge is -2.31. The molecule has 1 amide bonds. The number of nitrogens with zero attached hydrogens (tertiary/aromatic N) is 12. The SMILES string of the molecule is CCc1nccc(N)n1.CCc1nccc(Nc2cc(-c3ccnc(N4CCn5c(cc6c5CC(C)(C)C6)C4=O)c3COC(C)=O)cn(C)c2=O)n1.CCc1nccc(Nc2cc(Br)cn(C)c2=O)n1.Cn1cc(Br)cc(Br)c1=O. The van der Waals surface area contributed by atoms with Gasteiger partial charge in [0.2, 0.25) is 0 Å². The second-order valence-corrected chi connectivity index (χ2v) is 22.1. The molecule has 0 aromatic carbocycles. The number of nitrogens with one attached hydrogen (secondary N) is 2. The minimum absolute atomic E-state index is 0.0248. The lowest BCUT2D eigenvalue weighted by molar-refractivity contribution is -0.142. The largest absolute Gasteiger partial charge is 0.461 e. The van der Waals surface area contributed by atoms with Crippen LogP contribution in [0.15, 0.2) is 120 Å². The number of nitrogens with two attached hydrogens (primary N) is 1. The van der Waals surface area contributed by atoms with Crippen molar-refractivity contribution in [1.82, 2.24) is 53.2 Å². The van der Waals surface area contributed by atoms with Crippen molar-refractivity contribution in [3.63, 3.8) is 0 Å². The van der Waals surface area contributed by atoms with Gasteiger partial charge in [-0.25, -0.2) is 34.9 Å². The summed E-state index contributed by atoms with van der Waals surface area (Å²) in [7, 11) is 5.08. The summed E-state index contributed by atoms with van der Waals surface area (Å²) in [5.41, 5.74) is 11.1. The Morgan fingerprint density at radius 2 is 1.21 bits per heavy atom. The van der Waals surface area contributed by atoms with E-state index in [0.29, 0.717) is 86.8 Å². The van der Waals surface area contributed by atoms with Crippen LogP contribution in [-0.4, -0.2) is 71.6 Å². The lowest BCUT2D eigenvalue weighted by Crippen LogP contribution is -2.41. The van der Waals surface area contributed by atoms with Crippen molar-refractivity contribution in [2.45, 2.75) is 86.8 Å². The summed E-state index contributed by atoms with van der Waals surface area (Å²) in [4.78, 5) is 93.2. The summed E-state index contributed by atoms with van der Waals surface area (Å²) in [6.45, 7) is 12.8. The van der Waals surface area contributed by atoms with Gasteiger partial charge in [0.15, 0.2) is 0 Å². The van der Waals surface area contributed by atoms with Crippen LogP contribution in [0.1, 0.15) is 86.3 Å². The van der Waals surface area contributed by atoms with Crippen LogP contribution in [0.2, 0.25) is 0 Å². The van der Waals surface area contributed by atoms with Gasteiger partial charge in [-0.2, -0.15) is 0 Å². The fourth-order valence-electron chi connectivity index (χ4n) is 8.89. The molecule has 0 atom stereocenters. The zero-order valence-electron chi connectivity index (χ0n) is 45.8. The number of fused-ring (bicyclic) bond motifs is 3. The molecule has 0 saturated heterocycles. The first-order valence-electron chi connectivity index (χ1n) is 25.6. The second-order valence-electron chi connectivity index (χ2n) is 19.5. The van der Waals surface area contributed by atoms with Gasteiger partial charge in [-0.1, -0.05) is 34.6 Å². The molecule has 9 heterocycles. The Morgan fingerprint density at radius 1 is 0.675 bits per heavy atom. The summed E-state index contributed by atoms with van der Waals surface area (Å²) in [5.74, 6) is 3.73.